The molecule has 1 aromatic heterocycles. The van der Waals surface area contributed by atoms with Gasteiger partial charge in [0.25, 0.3) is 0 Å². The monoisotopic (exact) mass is 305 g/mol. The standard InChI is InChI=1S/C15H19N3O2S/c1-2-21(19,20)9-8-18-11-16-10-14(18)13-5-3-4-12-6-7-17-15(12)13/h3-5,10-11,17H,2,6-9H2,1H3. The maximum absolute atomic E-state index is 11.7. The molecule has 0 spiro atoms. The quantitative estimate of drug-likeness (QED) is 0.917. The van der Waals surface area contributed by atoms with Crippen LogP contribution in [0.1, 0.15) is 12.5 Å². The second kappa shape index (κ2) is 5.52. The van der Waals surface area contributed by atoms with E-state index in [4.69, 9.17) is 0 Å². The Labute approximate surface area is 124 Å². The topological polar surface area (TPSA) is 64.0 Å². The number of nitrogens with one attached hydrogen (secondary N) is 1. The Morgan fingerprint density at radius 1 is 1.38 bits per heavy atom. The van der Waals surface area contributed by atoms with Crippen LogP contribution >= 0.6 is 0 Å². The lowest BCUT2D eigenvalue weighted by molar-refractivity contribution is 0.590. The maximum atomic E-state index is 11.7. The van der Waals surface area contributed by atoms with Gasteiger partial charge in [0.15, 0.2) is 9.84 Å². The molecule has 0 fully saturated rings. The summed E-state index contributed by atoms with van der Waals surface area (Å²) in [6.07, 6.45) is 4.53. The molecule has 1 aliphatic heterocycles. The van der Waals surface area contributed by atoms with Gasteiger partial charge in [0, 0.05) is 30.1 Å². The van der Waals surface area contributed by atoms with Crippen molar-refractivity contribution in [1.82, 2.24) is 9.55 Å². The summed E-state index contributed by atoms with van der Waals surface area (Å²) in [5.41, 5.74) is 4.52. The van der Waals surface area contributed by atoms with E-state index < -0.39 is 9.84 Å². The maximum Gasteiger partial charge on any atom is 0.151 e. The van der Waals surface area contributed by atoms with Gasteiger partial charge in [-0.1, -0.05) is 25.1 Å². The van der Waals surface area contributed by atoms with Gasteiger partial charge in [-0.2, -0.15) is 0 Å². The van der Waals surface area contributed by atoms with Crippen molar-refractivity contribution < 1.29 is 8.42 Å². The van der Waals surface area contributed by atoms with Gasteiger partial charge in [0.05, 0.1) is 24.0 Å². The van der Waals surface area contributed by atoms with Crippen molar-refractivity contribution in [3.05, 3.63) is 36.3 Å². The summed E-state index contributed by atoms with van der Waals surface area (Å²) in [6, 6.07) is 6.22. The molecule has 5 nitrogen and oxygen atoms in total. The first-order valence-electron chi connectivity index (χ1n) is 7.17. The Morgan fingerprint density at radius 3 is 3.05 bits per heavy atom. The number of aryl methyl sites for hydroxylation is 1. The molecule has 2 aromatic rings. The van der Waals surface area contributed by atoms with E-state index >= 15 is 0 Å². The van der Waals surface area contributed by atoms with E-state index in [0.717, 1.165) is 29.9 Å². The molecule has 0 amide bonds. The summed E-state index contributed by atoms with van der Waals surface area (Å²) in [7, 11) is -2.97. The molecule has 0 bridgehead atoms. The zero-order valence-electron chi connectivity index (χ0n) is 12.0. The van der Waals surface area contributed by atoms with Crippen molar-refractivity contribution in [2.75, 3.05) is 23.4 Å². The molecule has 0 saturated carbocycles. The van der Waals surface area contributed by atoms with E-state index in [1.165, 1.54) is 5.56 Å². The molecule has 3 rings (SSSR count). The smallest absolute Gasteiger partial charge is 0.151 e. The molecule has 0 atom stereocenters. The summed E-state index contributed by atoms with van der Waals surface area (Å²) in [4.78, 5) is 4.19. The number of nitrogens with zero attached hydrogens (tertiary/aromatic N) is 2. The SMILES string of the molecule is CCS(=O)(=O)CCn1cncc1-c1cccc2c1NCC2. The molecule has 0 saturated heterocycles. The lowest BCUT2D eigenvalue weighted by atomic mass is 10.1. The van der Waals surface area contributed by atoms with Crippen LogP contribution in [0.5, 0.6) is 0 Å². The highest BCUT2D eigenvalue weighted by Gasteiger charge is 2.17. The van der Waals surface area contributed by atoms with E-state index in [9.17, 15) is 8.42 Å². The number of anilines is 1. The van der Waals surface area contributed by atoms with Crippen molar-refractivity contribution in [2.45, 2.75) is 19.9 Å². The third-order valence-corrected chi connectivity index (χ3v) is 5.60. The molecule has 112 valence electrons. The van der Waals surface area contributed by atoms with Crippen LogP contribution in [0.25, 0.3) is 11.3 Å². The van der Waals surface area contributed by atoms with Crippen molar-refractivity contribution in [1.29, 1.82) is 0 Å². The zero-order chi connectivity index (χ0) is 14.9. The molecule has 21 heavy (non-hydrogen) atoms. The van der Waals surface area contributed by atoms with Gasteiger partial charge in [0.1, 0.15) is 0 Å². The zero-order valence-corrected chi connectivity index (χ0v) is 12.9. The van der Waals surface area contributed by atoms with Crippen LogP contribution < -0.4 is 5.32 Å². The van der Waals surface area contributed by atoms with E-state index in [2.05, 4.69) is 22.4 Å². The minimum Gasteiger partial charge on any atom is -0.384 e. The predicted octanol–water partition coefficient (Wildman–Crippen LogP) is 1.95. The van der Waals surface area contributed by atoms with Gasteiger partial charge >= 0.3 is 0 Å². The van der Waals surface area contributed by atoms with Crippen LogP contribution in [-0.4, -0.2) is 36.0 Å². The van der Waals surface area contributed by atoms with Gasteiger partial charge < -0.3 is 9.88 Å². The summed E-state index contributed by atoms with van der Waals surface area (Å²) in [5.74, 6) is 0.328. The number of fused-ring (bicyclic) bond motifs is 1. The van der Waals surface area contributed by atoms with Gasteiger partial charge in [0.2, 0.25) is 0 Å². The van der Waals surface area contributed by atoms with Gasteiger partial charge in [-0.05, 0) is 12.0 Å². The number of para-hydroxylation sites is 1. The largest absolute Gasteiger partial charge is 0.384 e. The molecule has 0 radical (unpaired) electrons. The number of imidazole rings is 1. The van der Waals surface area contributed by atoms with Gasteiger partial charge in [-0.25, -0.2) is 13.4 Å². The van der Waals surface area contributed by atoms with E-state index in [1.807, 2.05) is 10.6 Å². The third kappa shape index (κ3) is 2.81. The fourth-order valence-corrected chi connectivity index (χ4v) is 3.42. The number of hydrogen-bond donors (Lipinski definition) is 1. The molecule has 1 N–H and O–H groups in total. The summed E-state index contributed by atoms with van der Waals surface area (Å²) >= 11 is 0. The van der Waals surface area contributed by atoms with Crippen molar-refractivity contribution in [3.8, 4) is 11.3 Å². The van der Waals surface area contributed by atoms with Gasteiger partial charge in [-0.3, -0.25) is 0 Å². The van der Waals surface area contributed by atoms with E-state index in [-0.39, 0.29) is 11.5 Å². The van der Waals surface area contributed by atoms with Crippen LogP contribution in [0, 0.1) is 0 Å². The fourth-order valence-electron chi connectivity index (χ4n) is 2.66. The van der Waals surface area contributed by atoms with E-state index in [1.54, 1.807) is 19.4 Å². The Balaban J connectivity index is 1.92. The normalized spacial score (nSPS) is 14.0. The lowest BCUT2D eigenvalue weighted by Gasteiger charge is -2.12. The molecule has 1 aliphatic rings. The minimum atomic E-state index is -2.97. The number of rotatable bonds is 5. The van der Waals surface area contributed by atoms with Crippen molar-refractivity contribution in [3.63, 3.8) is 0 Å². The van der Waals surface area contributed by atoms with Gasteiger partial charge in [-0.15, -0.1) is 0 Å². The number of aromatic nitrogens is 2. The highest BCUT2D eigenvalue weighted by atomic mass is 32.2. The van der Waals surface area contributed by atoms with Crippen LogP contribution in [0.3, 0.4) is 0 Å². The van der Waals surface area contributed by atoms with Crippen LogP contribution in [-0.2, 0) is 22.8 Å². The molecule has 1 aromatic carbocycles. The summed E-state index contributed by atoms with van der Waals surface area (Å²) in [5, 5.41) is 3.41. The first-order chi connectivity index (χ1) is 10.1. The fraction of sp³-hybridized carbons (Fsp3) is 0.400. The highest BCUT2D eigenvalue weighted by Crippen LogP contribution is 2.34. The second-order valence-electron chi connectivity index (χ2n) is 5.23. The number of hydrogen-bond acceptors (Lipinski definition) is 4. The minimum absolute atomic E-state index is 0.148. The van der Waals surface area contributed by atoms with Crippen LogP contribution in [0.2, 0.25) is 0 Å². The molecular weight excluding hydrogens is 286 g/mol. The summed E-state index contributed by atoms with van der Waals surface area (Å²) in [6.45, 7) is 3.07. The Hall–Kier alpha value is -1.82. The Morgan fingerprint density at radius 2 is 2.24 bits per heavy atom. The molecule has 0 aliphatic carbocycles. The lowest BCUT2D eigenvalue weighted by Crippen LogP contribution is -2.14. The molecule has 2 heterocycles. The molecule has 6 heteroatoms. The first kappa shape index (κ1) is 14.1. The second-order valence-corrected chi connectivity index (χ2v) is 7.70. The highest BCUT2D eigenvalue weighted by molar-refractivity contribution is 7.91. The third-order valence-electron chi connectivity index (χ3n) is 3.92. The van der Waals surface area contributed by atoms with Crippen LogP contribution in [0.4, 0.5) is 5.69 Å². The number of benzene rings is 1. The first-order valence-corrected chi connectivity index (χ1v) is 8.99. The average Bonchev–Trinajstić information content (AvgIpc) is 3.13. The van der Waals surface area contributed by atoms with Crippen LogP contribution in [0.15, 0.2) is 30.7 Å². The average molecular weight is 305 g/mol. The molecular formula is C15H19N3O2S. The van der Waals surface area contributed by atoms with E-state index in [0.29, 0.717) is 6.54 Å². The Bertz CT molecular complexity index is 750. The predicted molar refractivity (Wildman–Crippen MR) is 84.2 cm³/mol. The van der Waals surface area contributed by atoms with Crippen molar-refractivity contribution >= 4 is 15.5 Å². The Kier molecular flexibility index (Phi) is 3.71. The van der Waals surface area contributed by atoms with Crippen molar-refractivity contribution in [2.24, 2.45) is 0 Å². The number of sulfone groups is 1. The summed E-state index contributed by atoms with van der Waals surface area (Å²) < 4.78 is 25.3. The molecule has 0 unspecified atom stereocenters.